The molecule has 1 rings (SSSR count). The lowest BCUT2D eigenvalue weighted by Gasteiger charge is -2.07. The predicted octanol–water partition coefficient (Wildman–Crippen LogP) is 2.43. The molecule has 0 fully saturated rings. The summed E-state index contributed by atoms with van der Waals surface area (Å²) in [5, 5.41) is 2.84. The Labute approximate surface area is 91.9 Å². The highest BCUT2D eigenvalue weighted by atomic mass is 127. The topological polar surface area (TPSA) is 29.1 Å². The van der Waals surface area contributed by atoms with Gasteiger partial charge >= 0.3 is 0 Å². The normalized spacial score (nSPS) is 10.2. The van der Waals surface area contributed by atoms with Crippen LogP contribution in [0.5, 0.6) is 0 Å². The lowest BCUT2D eigenvalue weighted by atomic mass is 10.2. The molecule has 0 heterocycles. The fourth-order valence-corrected chi connectivity index (χ4v) is 1.52. The van der Waals surface area contributed by atoms with E-state index in [4.69, 9.17) is 0 Å². The van der Waals surface area contributed by atoms with Crippen molar-refractivity contribution in [2.45, 2.75) is 19.9 Å². The van der Waals surface area contributed by atoms with E-state index in [-0.39, 0.29) is 11.9 Å². The fourth-order valence-electron chi connectivity index (χ4n) is 0.975. The molecule has 0 atom stereocenters. The molecule has 70 valence electrons. The summed E-state index contributed by atoms with van der Waals surface area (Å²) in [5.74, 6) is -0.00600. The van der Waals surface area contributed by atoms with Gasteiger partial charge in [-0.3, -0.25) is 4.79 Å². The summed E-state index contributed by atoms with van der Waals surface area (Å²) in [7, 11) is 0. The van der Waals surface area contributed by atoms with Crippen LogP contribution in [0.3, 0.4) is 0 Å². The fraction of sp³-hybridized carbons (Fsp3) is 0.300. The van der Waals surface area contributed by atoms with E-state index >= 15 is 0 Å². The number of rotatable bonds is 2. The first-order valence-corrected chi connectivity index (χ1v) is 5.24. The molecule has 0 aliphatic carbocycles. The minimum absolute atomic E-state index is 0.00600. The Hall–Kier alpha value is -0.580. The lowest BCUT2D eigenvalue weighted by molar-refractivity contribution is 0.0943. The number of hydrogen-bond acceptors (Lipinski definition) is 1. The summed E-state index contributed by atoms with van der Waals surface area (Å²) in [6, 6.07) is 7.73. The zero-order valence-electron chi connectivity index (χ0n) is 7.67. The van der Waals surface area contributed by atoms with Crippen molar-refractivity contribution in [3.05, 3.63) is 33.4 Å². The van der Waals surface area contributed by atoms with E-state index < -0.39 is 0 Å². The average molecular weight is 289 g/mol. The number of nitrogens with one attached hydrogen (secondary N) is 1. The molecule has 1 aromatic carbocycles. The van der Waals surface area contributed by atoms with Gasteiger partial charge in [-0.25, -0.2) is 0 Å². The number of benzene rings is 1. The Kier molecular flexibility index (Phi) is 3.71. The van der Waals surface area contributed by atoms with Gasteiger partial charge in [-0.15, -0.1) is 0 Å². The van der Waals surface area contributed by atoms with E-state index in [1.807, 2.05) is 38.1 Å². The molecule has 1 aromatic rings. The van der Waals surface area contributed by atoms with Crippen molar-refractivity contribution < 1.29 is 4.79 Å². The van der Waals surface area contributed by atoms with Gasteiger partial charge in [-0.1, -0.05) is 6.07 Å². The Balaban J connectivity index is 2.77. The van der Waals surface area contributed by atoms with Gasteiger partial charge in [-0.05, 0) is 54.6 Å². The van der Waals surface area contributed by atoms with Gasteiger partial charge in [0.2, 0.25) is 0 Å². The monoisotopic (exact) mass is 289 g/mol. The van der Waals surface area contributed by atoms with Crippen LogP contribution in [0.4, 0.5) is 0 Å². The Morgan fingerprint density at radius 2 is 2.15 bits per heavy atom. The van der Waals surface area contributed by atoms with Gasteiger partial charge < -0.3 is 5.32 Å². The van der Waals surface area contributed by atoms with Crippen molar-refractivity contribution in [2.24, 2.45) is 0 Å². The lowest BCUT2D eigenvalue weighted by Crippen LogP contribution is -2.30. The van der Waals surface area contributed by atoms with Crippen molar-refractivity contribution in [3.63, 3.8) is 0 Å². The van der Waals surface area contributed by atoms with Crippen LogP contribution < -0.4 is 5.32 Å². The van der Waals surface area contributed by atoms with E-state index in [9.17, 15) is 4.79 Å². The Bertz CT molecular complexity index is 310. The molecule has 2 nitrogen and oxygen atoms in total. The minimum atomic E-state index is -0.00600. The maximum atomic E-state index is 11.5. The van der Waals surface area contributed by atoms with Crippen LogP contribution in [0.2, 0.25) is 0 Å². The molecule has 0 bridgehead atoms. The maximum Gasteiger partial charge on any atom is 0.251 e. The van der Waals surface area contributed by atoms with E-state index in [1.54, 1.807) is 0 Å². The van der Waals surface area contributed by atoms with Gasteiger partial charge in [0.1, 0.15) is 0 Å². The molecule has 0 unspecified atom stereocenters. The van der Waals surface area contributed by atoms with Crippen LogP contribution >= 0.6 is 22.6 Å². The summed E-state index contributed by atoms with van der Waals surface area (Å²) in [6.07, 6.45) is 0. The molecule has 0 saturated heterocycles. The summed E-state index contributed by atoms with van der Waals surface area (Å²) < 4.78 is 1.08. The number of amides is 1. The van der Waals surface area contributed by atoms with E-state index in [0.29, 0.717) is 0 Å². The highest BCUT2D eigenvalue weighted by Crippen LogP contribution is 2.07. The van der Waals surface area contributed by atoms with Crippen molar-refractivity contribution in [1.82, 2.24) is 5.32 Å². The Morgan fingerprint density at radius 3 is 2.69 bits per heavy atom. The van der Waals surface area contributed by atoms with E-state index in [2.05, 4.69) is 27.9 Å². The number of carbonyl (C=O) groups is 1. The molecule has 0 radical (unpaired) electrons. The number of hydrogen-bond donors (Lipinski definition) is 1. The first-order valence-electron chi connectivity index (χ1n) is 4.16. The van der Waals surface area contributed by atoms with Gasteiger partial charge in [0, 0.05) is 15.2 Å². The average Bonchev–Trinajstić information content (AvgIpc) is 2.03. The van der Waals surface area contributed by atoms with Crippen LogP contribution in [0.15, 0.2) is 24.3 Å². The first-order chi connectivity index (χ1) is 6.09. The third-order valence-corrected chi connectivity index (χ3v) is 2.18. The third-order valence-electron chi connectivity index (χ3n) is 1.51. The molecule has 1 N–H and O–H groups in total. The highest BCUT2D eigenvalue weighted by molar-refractivity contribution is 14.1. The molecule has 0 spiro atoms. The van der Waals surface area contributed by atoms with Gasteiger partial charge in [0.15, 0.2) is 0 Å². The van der Waals surface area contributed by atoms with E-state index in [1.165, 1.54) is 0 Å². The second-order valence-electron chi connectivity index (χ2n) is 3.14. The largest absolute Gasteiger partial charge is 0.350 e. The van der Waals surface area contributed by atoms with Crippen molar-refractivity contribution in [2.75, 3.05) is 0 Å². The van der Waals surface area contributed by atoms with Crippen LogP contribution in [-0.2, 0) is 0 Å². The molecular formula is C10H12INO. The highest BCUT2D eigenvalue weighted by Gasteiger charge is 2.05. The predicted molar refractivity (Wildman–Crippen MR) is 61.8 cm³/mol. The second kappa shape index (κ2) is 4.60. The second-order valence-corrected chi connectivity index (χ2v) is 4.38. The zero-order chi connectivity index (χ0) is 9.84. The van der Waals surface area contributed by atoms with Crippen LogP contribution in [0, 0.1) is 3.57 Å². The first kappa shape index (κ1) is 10.5. The molecule has 1 amide bonds. The van der Waals surface area contributed by atoms with Crippen molar-refractivity contribution >= 4 is 28.5 Å². The number of halogens is 1. The SMILES string of the molecule is CC(C)NC(=O)c1cccc(I)c1. The molecule has 0 aromatic heterocycles. The van der Waals surface area contributed by atoms with Gasteiger partial charge in [-0.2, -0.15) is 0 Å². The summed E-state index contributed by atoms with van der Waals surface area (Å²) >= 11 is 2.19. The van der Waals surface area contributed by atoms with Crippen molar-refractivity contribution in [1.29, 1.82) is 0 Å². The molecule has 3 heteroatoms. The van der Waals surface area contributed by atoms with Gasteiger partial charge in [0.05, 0.1) is 0 Å². The third kappa shape index (κ3) is 3.34. The summed E-state index contributed by atoms with van der Waals surface area (Å²) in [5.41, 5.74) is 0.723. The number of carbonyl (C=O) groups excluding carboxylic acids is 1. The van der Waals surface area contributed by atoms with E-state index in [0.717, 1.165) is 9.13 Å². The van der Waals surface area contributed by atoms with Crippen LogP contribution in [0.1, 0.15) is 24.2 Å². The smallest absolute Gasteiger partial charge is 0.251 e. The van der Waals surface area contributed by atoms with Crippen molar-refractivity contribution in [3.8, 4) is 0 Å². The molecule has 13 heavy (non-hydrogen) atoms. The van der Waals surface area contributed by atoms with Crippen LogP contribution in [-0.4, -0.2) is 11.9 Å². The molecular weight excluding hydrogens is 277 g/mol. The van der Waals surface area contributed by atoms with Gasteiger partial charge in [0.25, 0.3) is 5.91 Å². The summed E-state index contributed by atoms with van der Waals surface area (Å²) in [4.78, 5) is 11.5. The minimum Gasteiger partial charge on any atom is -0.350 e. The summed E-state index contributed by atoms with van der Waals surface area (Å²) in [6.45, 7) is 3.90. The maximum absolute atomic E-state index is 11.5. The Morgan fingerprint density at radius 1 is 1.46 bits per heavy atom. The molecule has 0 saturated carbocycles. The quantitative estimate of drug-likeness (QED) is 0.832. The molecule has 0 aliphatic rings. The van der Waals surface area contributed by atoms with Crippen LogP contribution in [0.25, 0.3) is 0 Å². The standard InChI is InChI=1S/C10H12INO/c1-7(2)12-10(13)8-4-3-5-9(11)6-8/h3-7H,1-2H3,(H,12,13). The zero-order valence-corrected chi connectivity index (χ0v) is 9.83. The molecule has 0 aliphatic heterocycles.